The van der Waals surface area contributed by atoms with Crippen molar-refractivity contribution in [2.24, 2.45) is 5.10 Å². The third-order valence-corrected chi connectivity index (χ3v) is 2.96. The molecule has 0 N–H and O–H groups in total. The minimum absolute atomic E-state index is 0.0983. The van der Waals surface area contributed by atoms with Crippen molar-refractivity contribution in [3.05, 3.63) is 30.3 Å². The first kappa shape index (κ1) is 16.0. The van der Waals surface area contributed by atoms with Gasteiger partial charge in [0, 0.05) is 7.05 Å². The summed E-state index contributed by atoms with van der Waals surface area (Å²) < 4.78 is 5.28. The Morgan fingerprint density at radius 1 is 1.32 bits per heavy atom. The van der Waals surface area contributed by atoms with Crippen LogP contribution in [0.5, 0.6) is 0 Å². The van der Waals surface area contributed by atoms with Crippen molar-refractivity contribution < 1.29 is 14.3 Å². The Morgan fingerprint density at radius 3 is 2.55 bits per heavy atom. The second-order valence-electron chi connectivity index (χ2n) is 6.22. The molecule has 2 amide bonds. The Labute approximate surface area is 130 Å². The lowest BCUT2D eigenvalue weighted by Gasteiger charge is -2.24. The molecule has 0 saturated carbocycles. The number of hydrogen-bond donors (Lipinski definition) is 0. The number of nitrogens with zero attached hydrogens (tertiary/aromatic N) is 3. The molecule has 1 aromatic rings. The highest BCUT2D eigenvalue weighted by Gasteiger charge is 2.27. The summed E-state index contributed by atoms with van der Waals surface area (Å²) in [6, 6.07) is 9.22. The fourth-order valence-electron chi connectivity index (χ4n) is 2.02. The average Bonchev–Trinajstić information content (AvgIpc) is 2.78. The minimum Gasteiger partial charge on any atom is -0.444 e. The van der Waals surface area contributed by atoms with E-state index in [4.69, 9.17) is 4.74 Å². The van der Waals surface area contributed by atoms with E-state index in [1.165, 1.54) is 9.91 Å². The van der Waals surface area contributed by atoms with E-state index in [0.717, 1.165) is 5.69 Å². The molecule has 2 rings (SSSR count). The number of hydrazone groups is 1. The van der Waals surface area contributed by atoms with Crippen LogP contribution >= 0.6 is 0 Å². The van der Waals surface area contributed by atoms with Gasteiger partial charge in [0.25, 0.3) is 5.91 Å². The summed E-state index contributed by atoms with van der Waals surface area (Å²) in [6.07, 6.45) is -0.219. The molecular weight excluding hydrogens is 282 g/mol. The molecule has 0 fully saturated rings. The standard InChI is InChI=1S/C16H21N3O3/c1-16(2,3)22-15(21)18(4)11-12-10-14(20)19(17-12)13-8-6-5-7-9-13/h5-9H,10-11H2,1-4H3. The molecule has 0 spiro atoms. The van der Waals surface area contributed by atoms with Crippen molar-refractivity contribution in [1.29, 1.82) is 0 Å². The maximum atomic E-state index is 12.0. The minimum atomic E-state index is -0.547. The summed E-state index contributed by atoms with van der Waals surface area (Å²) >= 11 is 0. The molecule has 0 bridgehead atoms. The van der Waals surface area contributed by atoms with Crippen LogP contribution in [-0.4, -0.2) is 41.8 Å². The molecule has 1 aromatic carbocycles. The van der Waals surface area contributed by atoms with Crippen LogP contribution in [0, 0.1) is 0 Å². The van der Waals surface area contributed by atoms with Gasteiger partial charge in [-0.3, -0.25) is 4.79 Å². The van der Waals surface area contributed by atoms with Gasteiger partial charge in [-0.25, -0.2) is 9.80 Å². The summed E-state index contributed by atoms with van der Waals surface area (Å²) in [5.41, 5.74) is 0.818. The van der Waals surface area contributed by atoms with E-state index in [-0.39, 0.29) is 18.9 Å². The molecule has 1 aliphatic heterocycles. The van der Waals surface area contributed by atoms with Gasteiger partial charge in [-0.2, -0.15) is 5.10 Å². The maximum absolute atomic E-state index is 12.0. The molecule has 0 saturated heterocycles. The molecule has 6 heteroatoms. The highest BCUT2D eigenvalue weighted by atomic mass is 16.6. The van der Waals surface area contributed by atoms with Crippen LogP contribution in [0.3, 0.4) is 0 Å². The van der Waals surface area contributed by atoms with Crippen LogP contribution in [0.25, 0.3) is 0 Å². The number of para-hydroxylation sites is 1. The number of anilines is 1. The number of amides is 2. The van der Waals surface area contributed by atoms with Gasteiger partial charge in [-0.15, -0.1) is 0 Å². The summed E-state index contributed by atoms with van der Waals surface area (Å²) in [4.78, 5) is 25.4. The average molecular weight is 303 g/mol. The first-order valence-corrected chi connectivity index (χ1v) is 7.15. The van der Waals surface area contributed by atoms with Gasteiger partial charge in [-0.05, 0) is 32.9 Å². The Kier molecular flexibility index (Phi) is 4.49. The Hall–Kier alpha value is -2.37. The molecule has 118 valence electrons. The lowest BCUT2D eigenvalue weighted by molar-refractivity contribution is -0.116. The summed E-state index contributed by atoms with van der Waals surface area (Å²) in [5, 5.41) is 5.68. The van der Waals surface area contributed by atoms with Crippen molar-refractivity contribution in [2.45, 2.75) is 32.8 Å². The van der Waals surface area contributed by atoms with E-state index in [9.17, 15) is 9.59 Å². The number of ether oxygens (including phenoxy) is 1. The van der Waals surface area contributed by atoms with Gasteiger partial charge in [-0.1, -0.05) is 18.2 Å². The van der Waals surface area contributed by atoms with E-state index >= 15 is 0 Å². The molecular formula is C16H21N3O3. The van der Waals surface area contributed by atoms with Gasteiger partial charge in [0.1, 0.15) is 5.60 Å². The van der Waals surface area contributed by atoms with E-state index < -0.39 is 11.7 Å². The highest BCUT2D eigenvalue weighted by molar-refractivity contribution is 6.13. The highest BCUT2D eigenvalue weighted by Crippen LogP contribution is 2.20. The van der Waals surface area contributed by atoms with E-state index in [0.29, 0.717) is 5.71 Å². The van der Waals surface area contributed by atoms with E-state index in [2.05, 4.69) is 5.10 Å². The normalized spacial score (nSPS) is 14.8. The summed E-state index contributed by atoms with van der Waals surface area (Å²) in [7, 11) is 1.63. The van der Waals surface area contributed by atoms with Crippen LogP contribution in [0.4, 0.5) is 10.5 Å². The molecule has 0 aliphatic carbocycles. The smallest absolute Gasteiger partial charge is 0.410 e. The van der Waals surface area contributed by atoms with Crippen molar-refractivity contribution in [1.82, 2.24) is 4.90 Å². The fourth-order valence-corrected chi connectivity index (χ4v) is 2.02. The predicted molar refractivity (Wildman–Crippen MR) is 84.8 cm³/mol. The van der Waals surface area contributed by atoms with Gasteiger partial charge < -0.3 is 9.64 Å². The van der Waals surface area contributed by atoms with Gasteiger partial charge in [0.15, 0.2) is 0 Å². The van der Waals surface area contributed by atoms with Gasteiger partial charge in [0.05, 0.1) is 24.4 Å². The number of hydrogen-bond acceptors (Lipinski definition) is 4. The lowest BCUT2D eigenvalue weighted by Crippen LogP contribution is -2.37. The van der Waals surface area contributed by atoms with Crippen molar-refractivity contribution >= 4 is 23.4 Å². The molecule has 22 heavy (non-hydrogen) atoms. The second kappa shape index (κ2) is 6.17. The Morgan fingerprint density at radius 2 is 1.95 bits per heavy atom. The van der Waals surface area contributed by atoms with Crippen molar-refractivity contribution in [2.75, 3.05) is 18.6 Å². The second-order valence-corrected chi connectivity index (χ2v) is 6.22. The SMILES string of the molecule is CN(CC1=NN(c2ccccc2)C(=O)C1)C(=O)OC(C)(C)C. The molecule has 1 aliphatic rings. The first-order valence-electron chi connectivity index (χ1n) is 7.15. The van der Waals surface area contributed by atoms with Crippen molar-refractivity contribution in [3.63, 3.8) is 0 Å². The van der Waals surface area contributed by atoms with Crippen LogP contribution in [-0.2, 0) is 9.53 Å². The number of carbonyl (C=O) groups excluding carboxylic acids is 2. The molecule has 6 nitrogen and oxygen atoms in total. The maximum Gasteiger partial charge on any atom is 0.410 e. The number of benzene rings is 1. The molecule has 0 unspecified atom stereocenters. The van der Waals surface area contributed by atoms with Crippen LogP contribution < -0.4 is 5.01 Å². The van der Waals surface area contributed by atoms with Crippen LogP contribution in [0.2, 0.25) is 0 Å². The van der Waals surface area contributed by atoms with E-state index in [1.807, 2.05) is 51.1 Å². The largest absolute Gasteiger partial charge is 0.444 e. The zero-order chi connectivity index (χ0) is 16.3. The Balaban J connectivity index is 2.02. The fraction of sp³-hybridized carbons (Fsp3) is 0.438. The zero-order valence-corrected chi connectivity index (χ0v) is 13.4. The molecule has 0 aromatic heterocycles. The molecule has 0 radical (unpaired) electrons. The first-order chi connectivity index (χ1) is 10.3. The Bertz CT molecular complexity index is 590. The van der Waals surface area contributed by atoms with Gasteiger partial charge in [0.2, 0.25) is 0 Å². The molecule has 0 atom stereocenters. The summed E-state index contributed by atoms with van der Waals surface area (Å²) in [6.45, 7) is 5.70. The predicted octanol–water partition coefficient (Wildman–Crippen LogP) is 2.65. The third-order valence-electron chi connectivity index (χ3n) is 2.96. The zero-order valence-electron chi connectivity index (χ0n) is 13.4. The monoisotopic (exact) mass is 303 g/mol. The number of carbonyl (C=O) groups is 2. The molecule has 1 heterocycles. The van der Waals surface area contributed by atoms with Crippen molar-refractivity contribution in [3.8, 4) is 0 Å². The summed E-state index contributed by atoms with van der Waals surface area (Å²) in [5.74, 6) is -0.0983. The van der Waals surface area contributed by atoms with E-state index in [1.54, 1.807) is 7.05 Å². The van der Waals surface area contributed by atoms with Crippen LogP contribution in [0.1, 0.15) is 27.2 Å². The van der Waals surface area contributed by atoms with Crippen LogP contribution in [0.15, 0.2) is 35.4 Å². The lowest BCUT2D eigenvalue weighted by atomic mass is 10.2. The quantitative estimate of drug-likeness (QED) is 0.862. The van der Waals surface area contributed by atoms with Gasteiger partial charge >= 0.3 is 6.09 Å². The third kappa shape index (κ3) is 4.07. The topological polar surface area (TPSA) is 62.2 Å². The number of rotatable bonds is 3.